The number of carbonyl (C=O) groups excluding carboxylic acids is 3. The summed E-state index contributed by atoms with van der Waals surface area (Å²) in [6, 6.07) is 37.0. The summed E-state index contributed by atoms with van der Waals surface area (Å²) in [5.74, 6) is -4.18. The van der Waals surface area contributed by atoms with Crippen LogP contribution in [0.5, 0.6) is 5.75 Å². The lowest BCUT2D eigenvalue weighted by Crippen LogP contribution is -2.54. The average Bonchev–Trinajstić information content (AvgIpc) is 3.68. The zero-order valence-corrected chi connectivity index (χ0v) is 29.9. The first-order valence-electron chi connectivity index (χ1n) is 18.2. The minimum absolute atomic E-state index is 0.0556. The molecule has 2 saturated heterocycles. The van der Waals surface area contributed by atoms with E-state index in [4.69, 9.17) is 9.47 Å². The second-order valence-electron chi connectivity index (χ2n) is 14.0. The number of fused-ring (bicyclic) bond motifs is 3. The van der Waals surface area contributed by atoms with E-state index in [1.807, 2.05) is 95.9 Å². The number of morpholine rings is 1. The molecule has 3 aliphatic heterocycles. The minimum Gasteiger partial charge on any atom is -0.491 e. The number of aliphatic hydroxyl groups is 1. The summed E-state index contributed by atoms with van der Waals surface area (Å²) in [6.45, 7) is 1.66. The Hall–Kier alpha value is -6.30. The Kier molecular flexibility index (Phi) is 9.42. The SMILES string of the molecule is C[C@@H](NC(=O)N1C(=O)[C@@]2(c3ccccc31)[C@H](c1ccc(OCCO)cc1)N1[C@H](c3ccccc3)[C@H](c3ccccc3)OC(=O)[C@H]1[C@@H]2C(=O)O)c1ccccc1. The number of rotatable bonds is 9. The summed E-state index contributed by atoms with van der Waals surface area (Å²) in [5, 5.41) is 23.7. The highest BCUT2D eigenvalue weighted by Gasteiger charge is 2.75. The third kappa shape index (κ3) is 5.83. The molecule has 3 amide bonds. The molecule has 11 heteroatoms. The van der Waals surface area contributed by atoms with Gasteiger partial charge in [-0.2, -0.15) is 0 Å². The second kappa shape index (κ2) is 14.5. The molecule has 5 aromatic carbocycles. The highest BCUT2D eigenvalue weighted by atomic mass is 16.6. The van der Waals surface area contributed by atoms with Crippen molar-refractivity contribution in [3.05, 3.63) is 167 Å². The maximum absolute atomic E-state index is 15.7. The molecule has 3 heterocycles. The fourth-order valence-electron chi connectivity index (χ4n) is 8.83. The molecule has 278 valence electrons. The van der Waals surface area contributed by atoms with Crippen LogP contribution < -0.4 is 15.0 Å². The Morgan fingerprint density at radius 1 is 0.782 bits per heavy atom. The van der Waals surface area contributed by atoms with Crippen molar-refractivity contribution in [2.75, 3.05) is 18.1 Å². The van der Waals surface area contributed by atoms with Gasteiger partial charge in [0.2, 0.25) is 5.91 Å². The molecule has 7 atom stereocenters. The van der Waals surface area contributed by atoms with Crippen molar-refractivity contribution in [3.8, 4) is 5.75 Å². The Morgan fingerprint density at radius 3 is 2.02 bits per heavy atom. The number of imide groups is 1. The molecule has 0 saturated carbocycles. The van der Waals surface area contributed by atoms with Crippen LogP contribution in [-0.4, -0.2) is 58.2 Å². The molecule has 0 aromatic heterocycles. The molecular formula is C44H39N3O8. The fraction of sp³-hybridized carbons (Fsp3) is 0.227. The van der Waals surface area contributed by atoms with Gasteiger partial charge < -0.3 is 25.0 Å². The number of carboxylic acid groups (broad SMARTS) is 1. The van der Waals surface area contributed by atoms with E-state index in [2.05, 4.69) is 5.32 Å². The molecule has 8 rings (SSSR count). The van der Waals surface area contributed by atoms with Crippen LogP contribution in [0.2, 0.25) is 0 Å². The van der Waals surface area contributed by atoms with Gasteiger partial charge in [-0.3, -0.25) is 19.3 Å². The number of aliphatic carboxylic acids is 1. The van der Waals surface area contributed by atoms with Crippen LogP contribution in [0, 0.1) is 5.92 Å². The number of nitrogens with zero attached hydrogens (tertiary/aromatic N) is 2. The highest BCUT2D eigenvalue weighted by molar-refractivity contribution is 6.24. The Morgan fingerprint density at radius 2 is 1.38 bits per heavy atom. The van der Waals surface area contributed by atoms with Crippen LogP contribution >= 0.6 is 0 Å². The van der Waals surface area contributed by atoms with Gasteiger partial charge in [-0.15, -0.1) is 0 Å². The number of esters is 1. The number of carboxylic acids is 1. The first-order valence-corrected chi connectivity index (χ1v) is 18.2. The number of ether oxygens (including phenoxy) is 2. The van der Waals surface area contributed by atoms with Crippen LogP contribution in [0.15, 0.2) is 140 Å². The normalized spacial score (nSPS) is 24.8. The van der Waals surface area contributed by atoms with Crippen LogP contribution in [-0.2, 0) is 24.5 Å². The van der Waals surface area contributed by atoms with E-state index in [1.165, 1.54) is 0 Å². The molecule has 3 N–H and O–H groups in total. The predicted octanol–water partition coefficient (Wildman–Crippen LogP) is 6.28. The summed E-state index contributed by atoms with van der Waals surface area (Å²) in [6.07, 6.45) is -0.885. The van der Waals surface area contributed by atoms with Crippen molar-refractivity contribution >= 4 is 29.6 Å². The number of amides is 3. The number of carbonyl (C=O) groups is 4. The topological polar surface area (TPSA) is 146 Å². The van der Waals surface area contributed by atoms with Crippen molar-refractivity contribution in [1.82, 2.24) is 10.2 Å². The Balaban J connectivity index is 1.37. The van der Waals surface area contributed by atoms with Crippen LogP contribution in [0.1, 0.15) is 59.0 Å². The van der Waals surface area contributed by atoms with Gasteiger partial charge in [0.1, 0.15) is 35.8 Å². The number of urea groups is 1. The molecule has 2 fully saturated rings. The quantitative estimate of drug-likeness (QED) is 0.149. The number of cyclic esters (lactones) is 1. The molecule has 0 bridgehead atoms. The lowest BCUT2D eigenvalue weighted by molar-refractivity contribution is -0.179. The smallest absolute Gasteiger partial charge is 0.329 e. The molecule has 0 unspecified atom stereocenters. The van der Waals surface area contributed by atoms with Gasteiger partial charge >= 0.3 is 18.0 Å². The summed E-state index contributed by atoms with van der Waals surface area (Å²) in [5.41, 5.74) is 1.32. The highest BCUT2D eigenvalue weighted by Crippen LogP contribution is 2.65. The molecule has 3 aliphatic rings. The number of para-hydroxylation sites is 1. The summed E-state index contributed by atoms with van der Waals surface area (Å²) in [7, 11) is 0. The van der Waals surface area contributed by atoms with E-state index in [1.54, 1.807) is 55.5 Å². The largest absolute Gasteiger partial charge is 0.491 e. The standard InChI is InChI=1S/C44H39N3O8/c1-27(28-13-5-2-6-14-28)45-43(53)46-34-20-12-11-19-33(34)44(42(46)52)35(40(49)50)37-41(51)55-38(30-17-9-4-10-18-30)36(29-15-7-3-8-16-29)47(37)39(44)31-21-23-32(24-22-31)54-26-25-48/h2-24,27,35-39,48H,25-26H2,1H3,(H,45,53)(H,49,50)/t27-,35-,36-,37-,38+,39+,44-/m1/s1. The van der Waals surface area contributed by atoms with Gasteiger partial charge in [-0.1, -0.05) is 121 Å². The number of nitrogens with one attached hydrogen (secondary N) is 1. The van der Waals surface area contributed by atoms with E-state index in [9.17, 15) is 24.6 Å². The van der Waals surface area contributed by atoms with Gasteiger partial charge in [0, 0.05) is 0 Å². The predicted molar refractivity (Wildman–Crippen MR) is 202 cm³/mol. The number of aliphatic hydroxyl groups excluding tert-OH is 1. The summed E-state index contributed by atoms with van der Waals surface area (Å²) < 4.78 is 12.0. The maximum Gasteiger partial charge on any atom is 0.329 e. The molecule has 5 aromatic rings. The lowest BCUT2D eigenvalue weighted by Gasteiger charge is -2.46. The van der Waals surface area contributed by atoms with Gasteiger partial charge in [-0.05, 0) is 52.9 Å². The zero-order chi connectivity index (χ0) is 38.3. The molecule has 55 heavy (non-hydrogen) atoms. The maximum atomic E-state index is 15.7. The van der Waals surface area contributed by atoms with Crippen molar-refractivity contribution < 1.29 is 38.9 Å². The van der Waals surface area contributed by atoms with E-state index < -0.39 is 65.5 Å². The van der Waals surface area contributed by atoms with Crippen LogP contribution in [0.3, 0.4) is 0 Å². The van der Waals surface area contributed by atoms with E-state index in [-0.39, 0.29) is 18.9 Å². The fourth-order valence-corrected chi connectivity index (χ4v) is 8.83. The van der Waals surface area contributed by atoms with Gasteiger partial charge in [0.05, 0.1) is 30.4 Å². The van der Waals surface area contributed by atoms with Crippen LogP contribution in [0.4, 0.5) is 10.5 Å². The molecule has 0 radical (unpaired) electrons. The zero-order valence-electron chi connectivity index (χ0n) is 29.9. The summed E-state index contributed by atoms with van der Waals surface area (Å²) >= 11 is 0. The van der Waals surface area contributed by atoms with Crippen molar-refractivity contribution in [3.63, 3.8) is 0 Å². The van der Waals surface area contributed by atoms with E-state index in [0.717, 1.165) is 16.0 Å². The summed E-state index contributed by atoms with van der Waals surface area (Å²) in [4.78, 5) is 61.5. The molecule has 1 spiro atoms. The van der Waals surface area contributed by atoms with Crippen molar-refractivity contribution in [2.24, 2.45) is 5.92 Å². The van der Waals surface area contributed by atoms with Gasteiger partial charge in [0.25, 0.3) is 0 Å². The lowest BCUT2D eigenvalue weighted by atomic mass is 9.65. The van der Waals surface area contributed by atoms with E-state index in [0.29, 0.717) is 22.4 Å². The number of benzene rings is 5. The van der Waals surface area contributed by atoms with Gasteiger partial charge in [0.15, 0.2) is 0 Å². The first-order chi connectivity index (χ1) is 26.8. The third-order valence-corrected chi connectivity index (χ3v) is 11.0. The average molecular weight is 738 g/mol. The van der Waals surface area contributed by atoms with Gasteiger partial charge in [-0.25, -0.2) is 9.69 Å². The minimum atomic E-state index is -1.99. The first kappa shape index (κ1) is 35.7. The third-order valence-electron chi connectivity index (χ3n) is 11.0. The monoisotopic (exact) mass is 737 g/mol. The molecule has 11 nitrogen and oxygen atoms in total. The second-order valence-corrected chi connectivity index (χ2v) is 14.0. The van der Waals surface area contributed by atoms with E-state index >= 15 is 4.79 Å². The Labute approximate surface area is 317 Å². The number of anilines is 1. The van der Waals surface area contributed by atoms with Crippen molar-refractivity contribution in [2.45, 2.75) is 42.6 Å². The molecule has 0 aliphatic carbocycles. The Bertz CT molecular complexity index is 2220. The van der Waals surface area contributed by atoms with Crippen LogP contribution in [0.25, 0.3) is 0 Å². The van der Waals surface area contributed by atoms with Crippen molar-refractivity contribution in [1.29, 1.82) is 0 Å². The number of hydrogen-bond acceptors (Lipinski definition) is 8. The number of hydrogen-bond donors (Lipinski definition) is 3. The molecular weight excluding hydrogens is 698 g/mol.